The van der Waals surface area contributed by atoms with Crippen LogP contribution in [0.2, 0.25) is 0 Å². The standard InChI is InChI=1S/C10H15BrN4O2S/c1-10(2,3)17-6(16)4-18-9-7(11)8(15-12)13-5-14-9/h5H,4,12H2,1-3H3,(H,13,14,15). The molecule has 6 nitrogen and oxygen atoms in total. The van der Waals surface area contributed by atoms with Crippen molar-refractivity contribution in [2.24, 2.45) is 5.84 Å². The molecular formula is C10H15BrN4O2S. The summed E-state index contributed by atoms with van der Waals surface area (Å²) in [6.07, 6.45) is 1.37. The van der Waals surface area contributed by atoms with E-state index in [0.717, 1.165) is 0 Å². The predicted molar refractivity (Wildman–Crippen MR) is 74.1 cm³/mol. The molecule has 0 unspecified atom stereocenters. The molecule has 0 saturated carbocycles. The summed E-state index contributed by atoms with van der Waals surface area (Å²) >= 11 is 4.57. The third-order valence-corrected chi connectivity index (χ3v) is 3.62. The molecule has 1 heterocycles. The van der Waals surface area contributed by atoms with Gasteiger partial charge in [-0.1, -0.05) is 11.8 Å². The highest BCUT2D eigenvalue weighted by molar-refractivity contribution is 9.10. The molecule has 0 aliphatic rings. The molecular weight excluding hydrogens is 320 g/mol. The summed E-state index contributed by atoms with van der Waals surface area (Å²) in [4.78, 5) is 19.5. The number of nitrogens with two attached hydrogens (primary N) is 1. The number of nitrogen functional groups attached to an aromatic ring is 1. The van der Waals surface area contributed by atoms with Gasteiger partial charge in [0.15, 0.2) is 5.82 Å². The lowest BCUT2D eigenvalue weighted by molar-refractivity contribution is -0.151. The number of hydrogen-bond acceptors (Lipinski definition) is 7. The number of esters is 1. The Balaban J connectivity index is 2.61. The van der Waals surface area contributed by atoms with Gasteiger partial charge in [-0.15, -0.1) is 0 Å². The second-order valence-electron chi connectivity index (χ2n) is 4.36. The lowest BCUT2D eigenvalue weighted by Crippen LogP contribution is -2.25. The van der Waals surface area contributed by atoms with Gasteiger partial charge in [-0.2, -0.15) is 0 Å². The average Bonchev–Trinajstić information content (AvgIpc) is 2.25. The Morgan fingerprint density at radius 2 is 2.22 bits per heavy atom. The minimum Gasteiger partial charge on any atom is -0.459 e. The molecule has 0 atom stereocenters. The largest absolute Gasteiger partial charge is 0.459 e. The van der Waals surface area contributed by atoms with Gasteiger partial charge in [0, 0.05) is 0 Å². The normalized spacial score (nSPS) is 11.2. The van der Waals surface area contributed by atoms with Gasteiger partial charge in [-0.3, -0.25) is 4.79 Å². The number of halogens is 1. The summed E-state index contributed by atoms with van der Waals surface area (Å²) in [5.74, 6) is 5.64. The maximum atomic E-state index is 11.6. The zero-order valence-electron chi connectivity index (χ0n) is 10.4. The zero-order valence-corrected chi connectivity index (χ0v) is 12.8. The minimum absolute atomic E-state index is 0.177. The molecule has 0 spiro atoms. The molecule has 18 heavy (non-hydrogen) atoms. The first-order valence-corrected chi connectivity index (χ1v) is 6.93. The summed E-state index contributed by atoms with van der Waals surface area (Å²) in [5.41, 5.74) is 1.95. The van der Waals surface area contributed by atoms with E-state index in [1.807, 2.05) is 20.8 Å². The number of nitrogens with zero attached hydrogens (tertiary/aromatic N) is 2. The number of aromatic nitrogens is 2. The van der Waals surface area contributed by atoms with Gasteiger partial charge in [-0.25, -0.2) is 15.8 Å². The molecule has 1 aromatic heterocycles. The Morgan fingerprint density at radius 3 is 2.78 bits per heavy atom. The summed E-state index contributed by atoms with van der Waals surface area (Å²) < 4.78 is 5.82. The van der Waals surface area contributed by atoms with Gasteiger partial charge in [0.25, 0.3) is 0 Å². The Labute approximate surface area is 118 Å². The van der Waals surface area contributed by atoms with Crippen molar-refractivity contribution >= 4 is 39.5 Å². The van der Waals surface area contributed by atoms with Crippen LogP contribution < -0.4 is 11.3 Å². The summed E-state index contributed by atoms with van der Waals surface area (Å²) in [6.45, 7) is 5.48. The van der Waals surface area contributed by atoms with E-state index >= 15 is 0 Å². The Hall–Kier alpha value is -0.860. The van der Waals surface area contributed by atoms with Crippen LogP contribution in [0.25, 0.3) is 0 Å². The fourth-order valence-electron chi connectivity index (χ4n) is 1.05. The fraction of sp³-hybridized carbons (Fsp3) is 0.500. The molecule has 0 saturated heterocycles. The second-order valence-corrected chi connectivity index (χ2v) is 6.12. The Morgan fingerprint density at radius 1 is 1.56 bits per heavy atom. The minimum atomic E-state index is -0.482. The highest BCUT2D eigenvalue weighted by Gasteiger charge is 2.17. The fourth-order valence-corrected chi connectivity index (χ4v) is 2.37. The van der Waals surface area contributed by atoms with Gasteiger partial charge >= 0.3 is 5.97 Å². The topological polar surface area (TPSA) is 90.1 Å². The van der Waals surface area contributed by atoms with Crippen LogP contribution in [0.1, 0.15) is 20.8 Å². The van der Waals surface area contributed by atoms with Crippen LogP contribution in [0, 0.1) is 0 Å². The first kappa shape index (κ1) is 15.2. The number of anilines is 1. The van der Waals surface area contributed by atoms with Crippen molar-refractivity contribution in [3.05, 3.63) is 10.8 Å². The van der Waals surface area contributed by atoms with Crippen LogP contribution >= 0.6 is 27.7 Å². The number of rotatable bonds is 4. The number of carbonyl (C=O) groups is 1. The molecule has 1 aromatic rings. The second kappa shape index (κ2) is 6.35. The summed E-state index contributed by atoms with van der Waals surface area (Å²) in [5, 5.41) is 0.629. The Bertz CT molecular complexity index is 436. The third-order valence-electron chi connectivity index (χ3n) is 1.64. The van der Waals surface area contributed by atoms with E-state index in [9.17, 15) is 4.79 Å². The molecule has 0 bridgehead atoms. The molecule has 100 valence electrons. The van der Waals surface area contributed by atoms with E-state index in [1.165, 1.54) is 18.1 Å². The number of nitrogens with one attached hydrogen (secondary N) is 1. The van der Waals surface area contributed by atoms with Crippen molar-refractivity contribution in [2.75, 3.05) is 11.2 Å². The van der Waals surface area contributed by atoms with Gasteiger partial charge in [0.1, 0.15) is 17.0 Å². The molecule has 0 aromatic carbocycles. The highest BCUT2D eigenvalue weighted by Crippen LogP contribution is 2.29. The van der Waals surface area contributed by atoms with E-state index in [1.54, 1.807) is 0 Å². The number of ether oxygens (including phenoxy) is 1. The van der Waals surface area contributed by atoms with Gasteiger partial charge in [0.05, 0.1) is 10.2 Å². The van der Waals surface area contributed by atoms with Gasteiger partial charge in [0.2, 0.25) is 0 Å². The molecule has 0 fully saturated rings. The molecule has 0 amide bonds. The molecule has 0 aliphatic heterocycles. The first-order chi connectivity index (χ1) is 8.33. The van der Waals surface area contributed by atoms with Crippen molar-refractivity contribution in [1.29, 1.82) is 0 Å². The van der Waals surface area contributed by atoms with Crippen LogP contribution in [0.5, 0.6) is 0 Å². The SMILES string of the molecule is CC(C)(C)OC(=O)CSc1ncnc(NN)c1Br. The molecule has 0 aliphatic carbocycles. The van der Waals surface area contributed by atoms with Crippen LogP contribution in [0.4, 0.5) is 5.82 Å². The van der Waals surface area contributed by atoms with E-state index in [2.05, 4.69) is 31.3 Å². The third kappa shape index (κ3) is 4.79. The van der Waals surface area contributed by atoms with Crippen molar-refractivity contribution in [3.8, 4) is 0 Å². The highest BCUT2D eigenvalue weighted by atomic mass is 79.9. The van der Waals surface area contributed by atoms with Crippen molar-refractivity contribution in [1.82, 2.24) is 9.97 Å². The van der Waals surface area contributed by atoms with E-state index < -0.39 is 5.60 Å². The van der Waals surface area contributed by atoms with Crippen LogP contribution in [-0.4, -0.2) is 27.3 Å². The molecule has 3 N–H and O–H groups in total. The first-order valence-electron chi connectivity index (χ1n) is 5.15. The van der Waals surface area contributed by atoms with Gasteiger partial charge in [-0.05, 0) is 36.7 Å². The maximum Gasteiger partial charge on any atom is 0.316 e. The van der Waals surface area contributed by atoms with E-state index in [4.69, 9.17) is 10.6 Å². The van der Waals surface area contributed by atoms with Crippen molar-refractivity contribution in [3.63, 3.8) is 0 Å². The van der Waals surface area contributed by atoms with Crippen LogP contribution in [0.3, 0.4) is 0 Å². The van der Waals surface area contributed by atoms with Crippen molar-refractivity contribution in [2.45, 2.75) is 31.4 Å². The lowest BCUT2D eigenvalue weighted by atomic mass is 10.2. The predicted octanol–water partition coefficient (Wildman–Crippen LogP) is 1.96. The Kier molecular flexibility index (Phi) is 5.36. The van der Waals surface area contributed by atoms with E-state index in [-0.39, 0.29) is 11.7 Å². The van der Waals surface area contributed by atoms with E-state index in [0.29, 0.717) is 15.3 Å². The summed E-state index contributed by atoms with van der Waals surface area (Å²) in [7, 11) is 0. The number of thioether (sulfide) groups is 1. The van der Waals surface area contributed by atoms with Crippen LogP contribution in [-0.2, 0) is 9.53 Å². The molecule has 1 rings (SSSR count). The molecule has 8 heteroatoms. The molecule has 0 radical (unpaired) electrons. The lowest BCUT2D eigenvalue weighted by Gasteiger charge is -2.19. The summed E-state index contributed by atoms with van der Waals surface area (Å²) in [6, 6.07) is 0. The van der Waals surface area contributed by atoms with Crippen molar-refractivity contribution < 1.29 is 9.53 Å². The maximum absolute atomic E-state index is 11.6. The smallest absolute Gasteiger partial charge is 0.316 e. The monoisotopic (exact) mass is 334 g/mol. The number of hydrazine groups is 1. The average molecular weight is 335 g/mol. The number of carbonyl (C=O) groups excluding carboxylic acids is 1. The number of hydrogen-bond donors (Lipinski definition) is 2. The quantitative estimate of drug-likeness (QED) is 0.286. The van der Waals surface area contributed by atoms with Crippen LogP contribution in [0.15, 0.2) is 15.8 Å². The van der Waals surface area contributed by atoms with Gasteiger partial charge < -0.3 is 10.2 Å². The zero-order chi connectivity index (χ0) is 13.8.